The molecule has 0 radical (unpaired) electrons. The van der Waals surface area contributed by atoms with E-state index >= 15 is 0 Å². The number of halogens is 3. The Kier molecular flexibility index (Phi) is 3.36. The van der Waals surface area contributed by atoms with E-state index in [9.17, 15) is 21.6 Å². The fraction of sp³-hybridized carbons (Fsp3) is 0.143. The Balaban J connectivity index is 3.47. The van der Waals surface area contributed by atoms with Gasteiger partial charge in [0.25, 0.3) is 0 Å². The molecule has 1 rings (SSSR count). The van der Waals surface area contributed by atoms with Crippen LogP contribution in [-0.2, 0) is 10.0 Å². The number of nitrogens with two attached hydrogens (primary N) is 2. The number of anilines is 1. The maximum atomic E-state index is 12.0. The molecule has 11 heteroatoms. The summed E-state index contributed by atoms with van der Waals surface area (Å²) in [6.45, 7) is 0. The average Bonchev–Trinajstić information content (AvgIpc) is 2.16. The van der Waals surface area contributed by atoms with Gasteiger partial charge in [0.15, 0.2) is 11.4 Å². The number of nitriles is 1. The molecule has 98 valence electrons. The summed E-state index contributed by atoms with van der Waals surface area (Å²) in [5, 5.41) is 13.3. The summed E-state index contributed by atoms with van der Waals surface area (Å²) in [6, 6.07) is 1.68. The number of aromatic nitrogens is 1. The Morgan fingerprint density at radius 2 is 2.00 bits per heavy atom. The minimum absolute atomic E-state index is 0.393. The number of rotatable bonds is 2. The second kappa shape index (κ2) is 4.31. The Hall–Kier alpha value is -2.06. The number of alkyl halides is 3. The van der Waals surface area contributed by atoms with Crippen molar-refractivity contribution in [2.24, 2.45) is 5.14 Å². The number of nitrogens with zero attached hydrogens (tertiary/aromatic N) is 2. The van der Waals surface area contributed by atoms with Gasteiger partial charge in [-0.3, -0.25) is 0 Å². The van der Waals surface area contributed by atoms with Gasteiger partial charge in [0.2, 0.25) is 10.0 Å². The molecule has 0 spiro atoms. The van der Waals surface area contributed by atoms with Crippen molar-refractivity contribution in [3.05, 3.63) is 11.8 Å². The first kappa shape index (κ1) is 14.0. The van der Waals surface area contributed by atoms with Crippen LogP contribution in [0.5, 0.6) is 5.75 Å². The molecule has 0 fully saturated rings. The molecule has 0 saturated heterocycles. The fourth-order valence-electron chi connectivity index (χ4n) is 1.00. The van der Waals surface area contributed by atoms with Gasteiger partial charge in [-0.2, -0.15) is 5.26 Å². The van der Waals surface area contributed by atoms with E-state index in [1.807, 2.05) is 0 Å². The van der Waals surface area contributed by atoms with Crippen molar-refractivity contribution in [1.82, 2.24) is 4.98 Å². The molecule has 4 N–H and O–H groups in total. The van der Waals surface area contributed by atoms with Crippen LogP contribution in [0, 0.1) is 11.3 Å². The number of nitrogen functional groups attached to an aromatic ring is 1. The van der Waals surface area contributed by atoms with Crippen LogP contribution in [0.1, 0.15) is 5.69 Å². The molecule has 7 nitrogen and oxygen atoms in total. The minimum Gasteiger partial charge on any atom is -0.403 e. The van der Waals surface area contributed by atoms with Crippen LogP contribution in [0.3, 0.4) is 0 Å². The zero-order valence-electron chi connectivity index (χ0n) is 8.39. The molecule has 0 aliphatic carbocycles. The van der Waals surface area contributed by atoms with E-state index in [4.69, 9.17) is 16.1 Å². The molecule has 0 saturated carbocycles. The summed E-state index contributed by atoms with van der Waals surface area (Å²) in [6.07, 6.45) is -5.11. The summed E-state index contributed by atoms with van der Waals surface area (Å²) in [7, 11) is -4.38. The van der Waals surface area contributed by atoms with Crippen LogP contribution in [-0.4, -0.2) is 19.8 Å². The standard InChI is InChI=1S/C7H5F3N4O3S/c8-7(9,10)17-4-1-5(18(13,15)16)6(12)14-3(4)2-11/h1H,(H2,12,14)(H2,13,15,16). The highest BCUT2D eigenvalue weighted by atomic mass is 32.2. The van der Waals surface area contributed by atoms with Crippen LogP contribution < -0.4 is 15.6 Å². The maximum Gasteiger partial charge on any atom is 0.573 e. The molecule has 18 heavy (non-hydrogen) atoms. The van der Waals surface area contributed by atoms with Gasteiger partial charge in [-0.1, -0.05) is 0 Å². The van der Waals surface area contributed by atoms with Crippen LogP contribution >= 0.6 is 0 Å². The highest BCUT2D eigenvalue weighted by Crippen LogP contribution is 2.29. The minimum atomic E-state index is -5.11. The predicted octanol–water partition coefficient (Wildman–Crippen LogP) is 0.0815. The third-order valence-corrected chi connectivity index (χ3v) is 2.56. The van der Waals surface area contributed by atoms with Crippen molar-refractivity contribution < 1.29 is 26.3 Å². The second-order valence-corrected chi connectivity index (χ2v) is 4.45. The number of pyridine rings is 1. The van der Waals surface area contributed by atoms with Crippen molar-refractivity contribution in [1.29, 1.82) is 5.26 Å². The fourth-order valence-corrected chi connectivity index (χ4v) is 1.61. The topological polar surface area (TPSA) is 132 Å². The van der Waals surface area contributed by atoms with Crippen LogP contribution in [0.15, 0.2) is 11.0 Å². The molecule has 0 aromatic carbocycles. The quantitative estimate of drug-likeness (QED) is 0.789. The van der Waals surface area contributed by atoms with E-state index in [-0.39, 0.29) is 0 Å². The van der Waals surface area contributed by atoms with Gasteiger partial charge in [-0.05, 0) is 0 Å². The lowest BCUT2D eigenvalue weighted by Gasteiger charge is -2.11. The molecule has 0 aliphatic rings. The first-order chi connectivity index (χ1) is 8.04. The van der Waals surface area contributed by atoms with Gasteiger partial charge in [0.1, 0.15) is 16.8 Å². The van der Waals surface area contributed by atoms with Crippen molar-refractivity contribution in [3.8, 4) is 11.8 Å². The molecule has 1 heterocycles. The first-order valence-electron chi connectivity index (χ1n) is 4.04. The number of hydrogen-bond acceptors (Lipinski definition) is 6. The van der Waals surface area contributed by atoms with Crippen molar-refractivity contribution in [2.75, 3.05) is 5.73 Å². The smallest absolute Gasteiger partial charge is 0.403 e. The molecule has 0 atom stereocenters. The van der Waals surface area contributed by atoms with Gasteiger partial charge >= 0.3 is 6.36 Å². The van der Waals surface area contributed by atoms with E-state index in [0.717, 1.165) is 0 Å². The van der Waals surface area contributed by atoms with Crippen molar-refractivity contribution >= 4 is 15.8 Å². The number of ether oxygens (including phenoxy) is 1. The third kappa shape index (κ3) is 3.22. The lowest BCUT2D eigenvalue weighted by atomic mass is 10.3. The second-order valence-electron chi connectivity index (χ2n) is 2.92. The molecule has 0 amide bonds. The lowest BCUT2D eigenvalue weighted by Crippen LogP contribution is -2.20. The van der Waals surface area contributed by atoms with E-state index in [0.29, 0.717) is 6.07 Å². The molecular weight excluding hydrogens is 277 g/mol. The monoisotopic (exact) mass is 282 g/mol. The highest BCUT2D eigenvalue weighted by Gasteiger charge is 2.33. The molecule has 1 aromatic heterocycles. The van der Waals surface area contributed by atoms with Crippen molar-refractivity contribution in [3.63, 3.8) is 0 Å². The normalized spacial score (nSPS) is 11.9. The number of primary sulfonamides is 1. The summed E-state index contributed by atoms with van der Waals surface area (Å²) in [5.74, 6) is -1.79. The Labute approximate surface area is 98.8 Å². The summed E-state index contributed by atoms with van der Waals surface area (Å²) >= 11 is 0. The van der Waals surface area contributed by atoms with Crippen LogP contribution in [0.4, 0.5) is 19.0 Å². The largest absolute Gasteiger partial charge is 0.573 e. The number of sulfonamides is 1. The zero-order chi connectivity index (χ0) is 14.1. The highest BCUT2D eigenvalue weighted by molar-refractivity contribution is 7.89. The van der Waals surface area contributed by atoms with Gasteiger partial charge in [0, 0.05) is 6.07 Å². The van der Waals surface area contributed by atoms with E-state index in [1.165, 1.54) is 6.07 Å². The van der Waals surface area contributed by atoms with Crippen LogP contribution in [0.25, 0.3) is 0 Å². The van der Waals surface area contributed by atoms with E-state index in [2.05, 4.69) is 9.72 Å². The Morgan fingerprint density at radius 3 is 2.39 bits per heavy atom. The Bertz CT molecular complexity index is 620. The summed E-state index contributed by atoms with van der Waals surface area (Å²) in [4.78, 5) is 2.31. The van der Waals surface area contributed by atoms with E-state index < -0.39 is 38.5 Å². The number of hydrogen-bond donors (Lipinski definition) is 2. The SMILES string of the molecule is N#Cc1nc(N)c(S(N)(=O)=O)cc1OC(F)(F)F. The lowest BCUT2D eigenvalue weighted by molar-refractivity contribution is -0.274. The van der Waals surface area contributed by atoms with Crippen molar-refractivity contribution in [2.45, 2.75) is 11.3 Å². The summed E-state index contributed by atoms with van der Waals surface area (Å²) in [5.41, 5.74) is 4.35. The molecule has 1 aromatic rings. The van der Waals surface area contributed by atoms with Gasteiger partial charge in [0.05, 0.1) is 0 Å². The van der Waals surface area contributed by atoms with E-state index in [1.54, 1.807) is 0 Å². The van der Waals surface area contributed by atoms with Gasteiger partial charge < -0.3 is 10.5 Å². The molecular formula is C7H5F3N4O3S. The molecule has 0 bridgehead atoms. The third-order valence-electron chi connectivity index (χ3n) is 1.62. The maximum absolute atomic E-state index is 12.0. The van der Waals surface area contributed by atoms with Crippen LogP contribution in [0.2, 0.25) is 0 Å². The summed E-state index contributed by atoms with van der Waals surface area (Å²) < 4.78 is 61.5. The molecule has 0 aliphatic heterocycles. The van der Waals surface area contributed by atoms with Gasteiger partial charge in [-0.15, -0.1) is 13.2 Å². The first-order valence-corrected chi connectivity index (χ1v) is 5.58. The molecule has 0 unspecified atom stereocenters. The zero-order valence-corrected chi connectivity index (χ0v) is 9.21. The average molecular weight is 282 g/mol. The Morgan fingerprint density at radius 1 is 1.44 bits per heavy atom. The predicted molar refractivity (Wildman–Crippen MR) is 51.4 cm³/mol. The van der Waals surface area contributed by atoms with Gasteiger partial charge in [-0.25, -0.2) is 18.5 Å².